The van der Waals surface area contributed by atoms with E-state index in [1.165, 1.54) is 30.4 Å². The summed E-state index contributed by atoms with van der Waals surface area (Å²) >= 11 is 0. The first kappa shape index (κ1) is 17.8. The summed E-state index contributed by atoms with van der Waals surface area (Å²) in [5.41, 5.74) is -0.144. The lowest BCUT2D eigenvalue weighted by Crippen LogP contribution is -2.46. The lowest BCUT2D eigenvalue weighted by atomic mass is 9.89. The highest BCUT2D eigenvalue weighted by atomic mass is 16.5. The average Bonchev–Trinajstić information content (AvgIpc) is 2.56. The molecule has 2 aromatic carbocycles. The molecule has 1 aliphatic rings. The lowest BCUT2D eigenvalue weighted by Gasteiger charge is -2.37. The van der Waals surface area contributed by atoms with E-state index in [9.17, 15) is 25.2 Å². The maximum atomic E-state index is 12.5. The van der Waals surface area contributed by atoms with E-state index in [1.807, 2.05) is 0 Å². The van der Waals surface area contributed by atoms with Gasteiger partial charge < -0.3 is 25.2 Å². The Morgan fingerprint density at radius 1 is 1.19 bits per heavy atom. The summed E-state index contributed by atoms with van der Waals surface area (Å²) < 4.78 is 5.65. The van der Waals surface area contributed by atoms with Crippen LogP contribution in [-0.4, -0.2) is 37.9 Å². The van der Waals surface area contributed by atoms with Crippen LogP contribution in [0, 0.1) is 0 Å². The monoisotopic (exact) mass is 356 g/mol. The van der Waals surface area contributed by atoms with Crippen LogP contribution >= 0.6 is 0 Å². The molecule has 6 heteroatoms. The zero-order valence-electron chi connectivity index (χ0n) is 14.4. The number of aliphatic hydroxyl groups excluding tert-OH is 1. The van der Waals surface area contributed by atoms with Crippen molar-refractivity contribution in [1.82, 2.24) is 0 Å². The topological polar surface area (TPSA) is 107 Å². The van der Waals surface area contributed by atoms with Gasteiger partial charge in [-0.2, -0.15) is 0 Å². The maximum Gasteiger partial charge on any atom is 0.193 e. The molecule has 1 atom stereocenters. The Balaban J connectivity index is 1.94. The third-order valence-electron chi connectivity index (χ3n) is 4.48. The zero-order valence-corrected chi connectivity index (χ0v) is 14.4. The molecular weight excluding hydrogens is 336 g/mol. The molecule has 1 aliphatic heterocycles. The van der Waals surface area contributed by atoms with Crippen molar-refractivity contribution in [3.8, 4) is 23.0 Å². The Kier molecular flexibility index (Phi) is 4.38. The van der Waals surface area contributed by atoms with Crippen molar-refractivity contribution >= 4 is 11.9 Å². The van der Waals surface area contributed by atoms with Crippen molar-refractivity contribution in [2.75, 3.05) is 0 Å². The summed E-state index contributed by atoms with van der Waals surface area (Å²) in [5, 5.41) is 40.1. The molecule has 0 bridgehead atoms. The number of ether oxygens (including phenoxy) is 1. The Morgan fingerprint density at radius 3 is 2.50 bits per heavy atom. The van der Waals surface area contributed by atoms with Gasteiger partial charge in [-0.15, -0.1) is 0 Å². The summed E-state index contributed by atoms with van der Waals surface area (Å²) in [6.07, 6.45) is 1.98. The Labute approximate surface area is 150 Å². The van der Waals surface area contributed by atoms with Gasteiger partial charge in [-0.05, 0) is 37.6 Å². The molecule has 26 heavy (non-hydrogen) atoms. The van der Waals surface area contributed by atoms with E-state index in [-0.39, 0.29) is 29.0 Å². The van der Waals surface area contributed by atoms with E-state index in [0.717, 1.165) is 0 Å². The van der Waals surface area contributed by atoms with Crippen molar-refractivity contribution in [1.29, 1.82) is 0 Å². The van der Waals surface area contributed by atoms with Gasteiger partial charge in [0.05, 0.1) is 6.10 Å². The van der Waals surface area contributed by atoms with Gasteiger partial charge in [-0.1, -0.05) is 18.2 Å². The van der Waals surface area contributed by atoms with Crippen LogP contribution in [0.1, 0.15) is 35.3 Å². The molecule has 0 aromatic heterocycles. The standard InChI is InChI=1S/C20H20O6/c1-20(2)17(24)9-13-16(26-20)10-15(23)18(19(13)25)14(22)8-5-11-3-6-12(21)7-4-11/h3-8,10,17,21,23-25H,9H2,1-2H3/t17-/m1/s1. The minimum atomic E-state index is -0.865. The van der Waals surface area contributed by atoms with Crippen molar-refractivity contribution in [2.45, 2.75) is 32.0 Å². The number of aliphatic hydroxyl groups is 1. The number of phenols is 3. The molecule has 0 spiro atoms. The molecule has 6 nitrogen and oxygen atoms in total. The van der Waals surface area contributed by atoms with E-state index >= 15 is 0 Å². The van der Waals surface area contributed by atoms with Gasteiger partial charge in [0.1, 0.15) is 34.2 Å². The van der Waals surface area contributed by atoms with Gasteiger partial charge in [-0.3, -0.25) is 4.79 Å². The van der Waals surface area contributed by atoms with Gasteiger partial charge in [0, 0.05) is 18.1 Å². The largest absolute Gasteiger partial charge is 0.508 e. The van der Waals surface area contributed by atoms with Crippen LogP contribution in [0.25, 0.3) is 6.08 Å². The van der Waals surface area contributed by atoms with E-state index in [2.05, 4.69) is 0 Å². The highest BCUT2D eigenvalue weighted by Gasteiger charge is 2.38. The highest BCUT2D eigenvalue weighted by Crippen LogP contribution is 2.44. The fraction of sp³-hybridized carbons (Fsp3) is 0.250. The predicted molar refractivity (Wildman–Crippen MR) is 95.7 cm³/mol. The van der Waals surface area contributed by atoms with Gasteiger partial charge >= 0.3 is 0 Å². The SMILES string of the molecule is CC1(C)Oc2cc(O)c(C(=O)C=Cc3ccc(O)cc3)c(O)c2C[C@H]1O. The lowest BCUT2D eigenvalue weighted by molar-refractivity contribution is -0.0418. The quantitative estimate of drug-likeness (QED) is 0.498. The number of benzene rings is 2. The average molecular weight is 356 g/mol. The number of hydrogen-bond acceptors (Lipinski definition) is 6. The number of allylic oxidation sites excluding steroid dienone is 1. The van der Waals surface area contributed by atoms with E-state index in [0.29, 0.717) is 5.56 Å². The first-order chi connectivity index (χ1) is 12.2. The highest BCUT2D eigenvalue weighted by molar-refractivity contribution is 6.11. The fourth-order valence-corrected chi connectivity index (χ4v) is 2.83. The van der Waals surface area contributed by atoms with Crippen LogP contribution in [-0.2, 0) is 6.42 Å². The first-order valence-electron chi connectivity index (χ1n) is 8.15. The van der Waals surface area contributed by atoms with E-state index in [1.54, 1.807) is 26.0 Å². The summed E-state index contributed by atoms with van der Waals surface area (Å²) in [4.78, 5) is 12.5. The van der Waals surface area contributed by atoms with Gasteiger partial charge in [0.2, 0.25) is 0 Å². The molecule has 0 saturated carbocycles. The minimum Gasteiger partial charge on any atom is -0.508 e. The smallest absolute Gasteiger partial charge is 0.193 e. The maximum absolute atomic E-state index is 12.5. The molecule has 4 N–H and O–H groups in total. The Morgan fingerprint density at radius 2 is 1.85 bits per heavy atom. The summed E-state index contributed by atoms with van der Waals surface area (Å²) in [6.45, 7) is 3.41. The summed E-state index contributed by atoms with van der Waals surface area (Å²) in [7, 11) is 0. The molecule has 3 rings (SSSR count). The third kappa shape index (κ3) is 3.23. The van der Waals surface area contributed by atoms with Crippen molar-refractivity contribution in [3.63, 3.8) is 0 Å². The number of aromatic hydroxyl groups is 3. The van der Waals surface area contributed by atoms with Crippen LogP contribution in [0.3, 0.4) is 0 Å². The molecular formula is C20H20O6. The Bertz CT molecular complexity index is 880. The second-order valence-electron chi connectivity index (χ2n) is 6.81. The molecule has 0 unspecified atom stereocenters. The summed E-state index contributed by atoms with van der Waals surface area (Å²) in [6, 6.07) is 7.50. The van der Waals surface area contributed by atoms with Gasteiger partial charge in [0.15, 0.2) is 5.78 Å². The van der Waals surface area contributed by atoms with Crippen LogP contribution < -0.4 is 4.74 Å². The van der Waals surface area contributed by atoms with Crippen molar-refractivity contribution < 1.29 is 30.0 Å². The Hall–Kier alpha value is -2.99. The van der Waals surface area contributed by atoms with Gasteiger partial charge in [0.25, 0.3) is 0 Å². The number of carbonyl (C=O) groups excluding carboxylic acids is 1. The number of hydrogen-bond donors (Lipinski definition) is 4. The van der Waals surface area contributed by atoms with E-state index < -0.39 is 29.0 Å². The van der Waals surface area contributed by atoms with E-state index in [4.69, 9.17) is 4.74 Å². The summed E-state index contributed by atoms with van der Waals surface area (Å²) in [5.74, 6) is -1.02. The molecule has 0 radical (unpaired) electrons. The molecule has 0 fully saturated rings. The van der Waals surface area contributed by atoms with Crippen LogP contribution in [0.15, 0.2) is 36.4 Å². The number of ketones is 1. The number of phenolic OH excluding ortho intramolecular Hbond substituents is 3. The van der Waals surface area contributed by atoms with Crippen molar-refractivity contribution in [2.24, 2.45) is 0 Å². The van der Waals surface area contributed by atoms with Crippen LogP contribution in [0.5, 0.6) is 23.0 Å². The molecule has 1 heterocycles. The number of carbonyl (C=O) groups is 1. The van der Waals surface area contributed by atoms with Crippen LogP contribution in [0.4, 0.5) is 0 Å². The zero-order chi connectivity index (χ0) is 19.1. The minimum absolute atomic E-state index is 0.108. The second kappa shape index (κ2) is 6.38. The number of rotatable bonds is 3. The first-order valence-corrected chi connectivity index (χ1v) is 8.15. The fourth-order valence-electron chi connectivity index (χ4n) is 2.83. The van der Waals surface area contributed by atoms with Gasteiger partial charge in [-0.25, -0.2) is 0 Å². The second-order valence-corrected chi connectivity index (χ2v) is 6.81. The molecule has 0 amide bonds. The van der Waals surface area contributed by atoms with Crippen molar-refractivity contribution in [3.05, 3.63) is 53.1 Å². The molecule has 0 aliphatic carbocycles. The normalized spacial score (nSPS) is 18.3. The number of fused-ring (bicyclic) bond motifs is 1. The molecule has 2 aromatic rings. The third-order valence-corrected chi connectivity index (χ3v) is 4.48. The predicted octanol–water partition coefficient (Wildman–Crippen LogP) is 2.77. The van der Waals surface area contributed by atoms with Crippen LogP contribution in [0.2, 0.25) is 0 Å². The molecule has 136 valence electrons. The molecule has 0 saturated heterocycles.